The topological polar surface area (TPSA) is 97.7 Å². The Morgan fingerprint density at radius 1 is 1.12 bits per heavy atom. The van der Waals surface area contributed by atoms with E-state index in [4.69, 9.17) is 21.1 Å². The minimum absolute atomic E-state index is 0.104. The van der Waals surface area contributed by atoms with Crippen molar-refractivity contribution in [3.05, 3.63) is 47.2 Å². The van der Waals surface area contributed by atoms with Crippen molar-refractivity contribution in [2.45, 2.75) is 70.1 Å². The summed E-state index contributed by atoms with van der Waals surface area (Å²) in [5.41, 5.74) is -0.617. The molecule has 0 bridgehead atoms. The zero-order valence-corrected chi connectivity index (χ0v) is 25.8. The first-order valence-corrected chi connectivity index (χ1v) is 18.3. The lowest BCUT2D eigenvalue weighted by Crippen LogP contribution is -2.52. The van der Waals surface area contributed by atoms with Gasteiger partial charge in [-0.05, 0) is 44.2 Å². The van der Waals surface area contributed by atoms with Gasteiger partial charge in [0.15, 0.2) is 17.4 Å². The molecule has 0 unspecified atom stereocenters. The number of nitrogens with one attached hydrogen (secondary N) is 2. The van der Waals surface area contributed by atoms with Gasteiger partial charge in [-0.1, -0.05) is 31.2 Å². The summed E-state index contributed by atoms with van der Waals surface area (Å²) in [5, 5.41) is 5.84. The Hall–Kier alpha value is -3.22. The van der Waals surface area contributed by atoms with Crippen molar-refractivity contribution in [2.75, 3.05) is 25.0 Å². The molecule has 13 heteroatoms. The molecule has 2 N–H and O–H groups in total. The van der Waals surface area contributed by atoms with Crippen LogP contribution in [0.15, 0.2) is 30.6 Å². The van der Waals surface area contributed by atoms with Gasteiger partial charge >= 0.3 is 6.03 Å². The molecule has 2 aromatic heterocycles. The number of urea groups is 1. The number of piperidine rings is 1. The summed E-state index contributed by atoms with van der Waals surface area (Å²) < 4.78 is 43.4. The summed E-state index contributed by atoms with van der Waals surface area (Å²) in [5.74, 6) is -2.68. The van der Waals surface area contributed by atoms with Crippen LogP contribution in [0.3, 0.4) is 0 Å². The molecule has 1 aliphatic carbocycles. The van der Waals surface area contributed by atoms with E-state index in [-0.39, 0.29) is 24.1 Å². The van der Waals surface area contributed by atoms with Crippen LogP contribution in [-0.2, 0) is 16.3 Å². The fourth-order valence-corrected chi connectivity index (χ4v) is 6.05. The highest BCUT2D eigenvalue weighted by atomic mass is 35.5. The van der Waals surface area contributed by atoms with E-state index in [2.05, 4.69) is 35.3 Å². The number of halogens is 3. The maximum atomic E-state index is 15.1. The highest BCUT2D eigenvalue weighted by Gasteiger charge is 2.53. The summed E-state index contributed by atoms with van der Waals surface area (Å²) in [6, 6.07) is 3.69. The van der Waals surface area contributed by atoms with Crippen LogP contribution in [0, 0.1) is 11.6 Å². The Morgan fingerprint density at radius 3 is 2.45 bits per heavy atom. The van der Waals surface area contributed by atoms with Gasteiger partial charge in [0.25, 0.3) is 0 Å². The number of hydrogen-bond acceptors (Lipinski definition) is 5. The molecule has 5 rings (SSSR count). The number of pyridine rings is 1. The number of likely N-dealkylation sites (tertiary alicyclic amines) is 1. The predicted octanol–water partition coefficient (Wildman–Crippen LogP) is 6.74. The summed E-state index contributed by atoms with van der Waals surface area (Å²) in [7, 11) is -1.25. The summed E-state index contributed by atoms with van der Waals surface area (Å²) in [6.45, 7) is 8.97. The van der Waals surface area contributed by atoms with Gasteiger partial charge in [0.2, 0.25) is 5.91 Å². The van der Waals surface area contributed by atoms with Crippen LogP contribution in [0.2, 0.25) is 30.7 Å². The third-order valence-corrected chi connectivity index (χ3v) is 9.51. The maximum absolute atomic E-state index is 15.1. The van der Waals surface area contributed by atoms with Crippen LogP contribution in [0.4, 0.5) is 19.3 Å². The highest BCUT2D eigenvalue weighted by Crippen LogP contribution is 2.39. The number of amides is 3. The molecule has 1 saturated carbocycles. The molecule has 1 aromatic carbocycles. The molecule has 0 spiro atoms. The zero-order chi connectivity index (χ0) is 30.1. The monoisotopic (exact) mass is 619 g/mol. The van der Waals surface area contributed by atoms with Crippen LogP contribution < -0.4 is 15.4 Å². The van der Waals surface area contributed by atoms with Crippen molar-refractivity contribution >= 4 is 48.3 Å². The molecule has 1 saturated heterocycles. The molecule has 3 heterocycles. The van der Waals surface area contributed by atoms with Gasteiger partial charge in [-0.2, -0.15) is 0 Å². The normalized spacial score (nSPS) is 16.4. The fourth-order valence-electron chi connectivity index (χ4n) is 5.00. The van der Waals surface area contributed by atoms with Crippen LogP contribution in [0.5, 0.6) is 11.5 Å². The quantitative estimate of drug-likeness (QED) is 0.193. The van der Waals surface area contributed by atoms with Crippen molar-refractivity contribution in [1.29, 1.82) is 0 Å². The number of fused-ring (bicyclic) bond motifs is 1. The molecule has 0 atom stereocenters. The first-order chi connectivity index (χ1) is 20.0. The van der Waals surface area contributed by atoms with Gasteiger partial charge in [-0.25, -0.2) is 18.6 Å². The summed E-state index contributed by atoms with van der Waals surface area (Å²) >= 11 is 6.47. The molecule has 42 heavy (non-hydrogen) atoms. The van der Waals surface area contributed by atoms with Gasteiger partial charge in [0.05, 0.1) is 10.4 Å². The SMILES string of the molecule is C[Si](C)(C)CCOCn1cc(Cl)c2c(Oc3c(F)cc(NC(=O)NC4(C(=O)N5CCCCC5)CC4)cc3F)ccnc21. The fraction of sp³-hybridized carbons (Fsp3) is 0.483. The number of nitrogens with zero attached hydrogens (tertiary/aromatic N) is 3. The van der Waals surface area contributed by atoms with Gasteiger partial charge in [0, 0.05) is 58.0 Å². The lowest BCUT2D eigenvalue weighted by molar-refractivity contribution is -0.135. The molecular weight excluding hydrogens is 584 g/mol. The van der Waals surface area contributed by atoms with E-state index in [1.54, 1.807) is 15.7 Å². The molecule has 3 aromatic rings. The average molecular weight is 620 g/mol. The summed E-state index contributed by atoms with van der Waals surface area (Å²) in [4.78, 5) is 31.8. The maximum Gasteiger partial charge on any atom is 0.320 e. The average Bonchev–Trinajstić information content (AvgIpc) is 3.64. The second-order valence-corrected chi connectivity index (χ2v) is 18.2. The first-order valence-electron chi connectivity index (χ1n) is 14.2. The summed E-state index contributed by atoms with van der Waals surface area (Å²) in [6.07, 6.45) is 7.12. The van der Waals surface area contributed by atoms with Crippen LogP contribution >= 0.6 is 11.6 Å². The Labute approximate surface area is 249 Å². The van der Waals surface area contributed by atoms with E-state index in [9.17, 15) is 9.59 Å². The Kier molecular flexibility index (Phi) is 8.77. The highest BCUT2D eigenvalue weighted by molar-refractivity contribution is 6.76. The minimum Gasteiger partial charge on any atom is -0.450 e. The van der Waals surface area contributed by atoms with Gasteiger partial charge in [0.1, 0.15) is 23.7 Å². The Morgan fingerprint density at radius 2 is 1.81 bits per heavy atom. The predicted molar refractivity (Wildman–Crippen MR) is 160 cm³/mol. The van der Waals surface area contributed by atoms with Gasteiger partial charge in [-0.15, -0.1) is 0 Å². The number of ether oxygens (including phenoxy) is 2. The zero-order valence-electron chi connectivity index (χ0n) is 24.1. The van der Waals surface area contributed by atoms with Crippen molar-refractivity contribution < 1.29 is 27.8 Å². The van der Waals surface area contributed by atoms with E-state index in [1.807, 2.05) is 0 Å². The van der Waals surface area contributed by atoms with Crippen molar-refractivity contribution in [3.63, 3.8) is 0 Å². The van der Waals surface area contributed by atoms with Crippen molar-refractivity contribution in [1.82, 2.24) is 19.8 Å². The number of benzene rings is 1. The lowest BCUT2D eigenvalue weighted by Gasteiger charge is -2.30. The third kappa shape index (κ3) is 6.87. The molecule has 3 amide bonds. The standard InChI is InChI=1S/C29H36ClF2N5O4Si/c1-42(2,3)14-13-40-18-37-17-20(30)24-23(7-10-33-26(24)37)41-25-21(31)15-19(16-22(25)32)34-28(39)35-29(8-9-29)27(38)36-11-5-4-6-12-36/h7,10,15-17H,4-6,8-9,11-14,18H2,1-3H3,(H2,34,35,39). The van der Waals surface area contributed by atoms with E-state index in [0.717, 1.165) is 37.4 Å². The number of aromatic nitrogens is 2. The molecule has 0 radical (unpaired) electrons. The smallest absolute Gasteiger partial charge is 0.320 e. The van der Waals surface area contributed by atoms with Crippen molar-refractivity contribution in [3.8, 4) is 11.5 Å². The molecule has 226 valence electrons. The van der Waals surface area contributed by atoms with E-state index < -0.39 is 37.0 Å². The van der Waals surface area contributed by atoms with Crippen LogP contribution in [0.1, 0.15) is 32.1 Å². The molecule has 1 aliphatic heterocycles. The van der Waals surface area contributed by atoms with Gasteiger partial charge in [-0.3, -0.25) is 4.79 Å². The second-order valence-electron chi connectivity index (χ2n) is 12.2. The second kappa shape index (κ2) is 12.2. The van der Waals surface area contributed by atoms with Crippen LogP contribution in [-0.4, -0.2) is 59.7 Å². The van der Waals surface area contributed by atoms with E-state index in [0.29, 0.717) is 48.6 Å². The largest absolute Gasteiger partial charge is 0.450 e. The van der Waals surface area contributed by atoms with Crippen molar-refractivity contribution in [2.24, 2.45) is 0 Å². The minimum atomic E-state index is -1.25. The molecule has 9 nitrogen and oxygen atoms in total. The lowest BCUT2D eigenvalue weighted by atomic mass is 10.1. The first kappa shape index (κ1) is 30.2. The molecule has 2 fully saturated rings. The number of hydrogen-bond donors (Lipinski definition) is 2. The third-order valence-electron chi connectivity index (χ3n) is 7.52. The van der Waals surface area contributed by atoms with Gasteiger partial charge < -0.3 is 29.6 Å². The van der Waals surface area contributed by atoms with E-state index >= 15 is 8.78 Å². The van der Waals surface area contributed by atoms with E-state index in [1.165, 1.54) is 12.3 Å². The Balaban J connectivity index is 1.26. The number of carbonyl (C=O) groups is 2. The van der Waals surface area contributed by atoms with Crippen LogP contribution in [0.25, 0.3) is 11.0 Å². The molecule has 2 aliphatic rings. The number of carbonyl (C=O) groups excluding carboxylic acids is 2. The molecular formula is C29H36ClF2N5O4Si. The number of anilines is 1. The Bertz CT molecular complexity index is 1460. The number of rotatable bonds is 10.